The highest BCUT2D eigenvalue weighted by Gasteiger charge is 2.33. The second kappa shape index (κ2) is 8.75. The summed E-state index contributed by atoms with van der Waals surface area (Å²) in [7, 11) is -2.01. The van der Waals surface area contributed by atoms with E-state index in [2.05, 4.69) is 5.32 Å². The maximum Gasteiger partial charge on any atom is 0.243 e. The Morgan fingerprint density at radius 3 is 2.64 bits per heavy atom. The molecule has 0 bridgehead atoms. The van der Waals surface area contributed by atoms with Crippen LogP contribution >= 0.6 is 0 Å². The number of hydrogen-bond donors (Lipinski definition) is 1. The van der Waals surface area contributed by atoms with Gasteiger partial charge in [0, 0.05) is 25.2 Å². The summed E-state index contributed by atoms with van der Waals surface area (Å²) in [6.07, 6.45) is 1.34. The lowest BCUT2D eigenvalue weighted by molar-refractivity contribution is -0.126. The molecular formula is C21H26N2O4S. The third-order valence-corrected chi connectivity index (χ3v) is 7.14. The maximum atomic E-state index is 13.0. The van der Waals surface area contributed by atoms with Crippen LogP contribution in [0.4, 0.5) is 0 Å². The largest absolute Gasteiger partial charge is 0.496 e. The van der Waals surface area contributed by atoms with Gasteiger partial charge in [-0.2, -0.15) is 4.31 Å². The first-order valence-electron chi connectivity index (χ1n) is 9.39. The molecule has 1 N–H and O–H groups in total. The van der Waals surface area contributed by atoms with E-state index in [0.29, 0.717) is 36.4 Å². The van der Waals surface area contributed by atoms with Crippen LogP contribution in [0.3, 0.4) is 0 Å². The van der Waals surface area contributed by atoms with E-state index in [-0.39, 0.29) is 18.4 Å². The van der Waals surface area contributed by atoms with Gasteiger partial charge in [-0.15, -0.1) is 0 Å². The lowest BCUT2D eigenvalue weighted by atomic mass is 9.98. The summed E-state index contributed by atoms with van der Waals surface area (Å²) in [4.78, 5) is 13.0. The number of nitrogens with zero attached hydrogens (tertiary/aromatic N) is 1. The van der Waals surface area contributed by atoms with Crippen molar-refractivity contribution < 1.29 is 17.9 Å². The average molecular weight is 403 g/mol. The number of ether oxygens (including phenoxy) is 1. The van der Waals surface area contributed by atoms with Crippen molar-refractivity contribution >= 4 is 15.9 Å². The predicted molar refractivity (Wildman–Crippen MR) is 108 cm³/mol. The van der Waals surface area contributed by atoms with Crippen LogP contribution in [0.5, 0.6) is 5.75 Å². The summed E-state index contributed by atoms with van der Waals surface area (Å²) in [5.41, 5.74) is 1.60. The van der Waals surface area contributed by atoms with Crippen molar-refractivity contribution in [2.75, 3.05) is 20.2 Å². The average Bonchev–Trinajstić information content (AvgIpc) is 2.72. The van der Waals surface area contributed by atoms with Gasteiger partial charge in [0.1, 0.15) is 5.75 Å². The van der Waals surface area contributed by atoms with Gasteiger partial charge in [0.05, 0.1) is 17.9 Å². The summed E-state index contributed by atoms with van der Waals surface area (Å²) in [6, 6.07) is 14.5. The van der Waals surface area contributed by atoms with Gasteiger partial charge >= 0.3 is 0 Å². The maximum absolute atomic E-state index is 13.0. The Kier molecular flexibility index (Phi) is 6.36. The van der Waals surface area contributed by atoms with E-state index in [9.17, 15) is 13.2 Å². The molecular weight excluding hydrogens is 376 g/mol. The lowest BCUT2D eigenvalue weighted by Gasteiger charge is -2.31. The van der Waals surface area contributed by atoms with Crippen molar-refractivity contribution in [2.45, 2.75) is 31.2 Å². The van der Waals surface area contributed by atoms with Gasteiger partial charge in [0.25, 0.3) is 0 Å². The molecule has 2 aromatic rings. The van der Waals surface area contributed by atoms with Crippen LogP contribution < -0.4 is 10.1 Å². The number of nitrogens with one attached hydrogen (secondary N) is 1. The standard InChI is InChI=1S/C21H26N2O4S/c1-16-8-3-6-12-20(16)28(25,26)23-13-7-10-18(15-23)21(24)22-14-17-9-4-5-11-19(17)27-2/h3-6,8-9,11-12,18H,7,10,13-15H2,1-2H3,(H,22,24). The third-order valence-electron chi connectivity index (χ3n) is 5.11. The zero-order valence-corrected chi connectivity index (χ0v) is 17.0. The zero-order valence-electron chi connectivity index (χ0n) is 16.2. The molecule has 0 aromatic heterocycles. The van der Waals surface area contributed by atoms with Gasteiger partial charge in [-0.1, -0.05) is 36.4 Å². The molecule has 3 rings (SSSR count). The SMILES string of the molecule is COc1ccccc1CNC(=O)C1CCCN(S(=O)(=O)c2ccccc2C)C1. The Morgan fingerprint density at radius 1 is 1.18 bits per heavy atom. The number of carbonyl (C=O) groups is 1. The van der Waals surface area contributed by atoms with Crippen LogP contribution in [-0.4, -0.2) is 38.8 Å². The highest BCUT2D eigenvalue weighted by molar-refractivity contribution is 7.89. The number of amides is 1. The van der Waals surface area contributed by atoms with Gasteiger partial charge in [-0.3, -0.25) is 4.79 Å². The molecule has 0 saturated carbocycles. The number of benzene rings is 2. The topological polar surface area (TPSA) is 75.7 Å². The Morgan fingerprint density at radius 2 is 1.89 bits per heavy atom. The zero-order chi connectivity index (χ0) is 20.1. The van der Waals surface area contributed by atoms with Gasteiger partial charge in [0.15, 0.2) is 0 Å². The van der Waals surface area contributed by atoms with E-state index < -0.39 is 10.0 Å². The van der Waals surface area contributed by atoms with Gasteiger partial charge in [0.2, 0.25) is 15.9 Å². The highest BCUT2D eigenvalue weighted by atomic mass is 32.2. The number of rotatable bonds is 6. The van der Waals surface area contributed by atoms with E-state index in [4.69, 9.17) is 4.74 Å². The molecule has 1 atom stereocenters. The molecule has 1 fully saturated rings. The Hall–Kier alpha value is -2.38. The van der Waals surface area contributed by atoms with Crippen molar-refractivity contribution in [1.82, 2.24) is 9.62 Å². The molecule has 1 unspecified atom stereocenters. The number of para-hydroxylation sites is 1. The second-order valence-electron chi connectivity index (χ2n) is 7.00. The first-order chi connectivity index (χ1) is 13.4. The van der Waals surface area contributed by atoms with Crippen LogP contribution in [0.2, 0.25) is 0 Å². The quantitative estimate of drug-likeness (QED) is 0.806. The summed E-state index contributed by atoms with van der Waals surface area (Å²) in [5.74, 6) is 0.230. The summed E-state index contributed by atoms with van der Waals surface area (Å²) in [6.45, 7) is 2.78. The minimum Gasteiger partial charge on any atom is -0.496 e. The second-order valence-corrected chi connectivity index (χ2v) is 8.90. The van der Waals surface area contributed by atoms with Gasteiger partial charge in [-0.25, -0.2) is 8.42 Å². The van der Waals surface area contributed by atoms with Crippen LogP contribution in [-0.2, 0) is 21.4 Å². The minimum absolute atomic E-state index is 0.129. The van der Waals surface area contributed by atoms with E-state index in [1.54, 1.807) is 32.2 Å². The normalized spacial score (nSPS) is 17.9. The molecule has 1 heterocycles. The molecule has 1 aliphatic rings. The number of methoxy groups -OCH3 is 1. The molecule has 1 amide bonds. The van der Waals surface area contributed by atoms with Crippen LogP contribution in [0.15, 0.2) is 53.4 Å². The van der Waals surface area contributed by atoms with Crippen molar-refractivity contribution in [3.05, 3.63) is 59.7 Å². The number of aryl methyl sites for hydroxylation is 1. The van der Waals surface area contributed by atoms with E-state index >= 15 is 0 Å². The van der Waals surface area contributed by atoms with Crippen LogP contribution in [0.1, 0.15) is 24.0 Å². The lowest BCUT2D eigenvalue weighted by Crippen LogP contribution is -2.45. The van der Waals surface area contributed by atoms with E-state index in [1.165, 1.54) is 4.31 Å². The molecule has 6 nitrogen and oxygen atoms in total. The smallest absolute Gasteiger partial charge is 0.243 e. The Labute approximate surface area is 166 Å². The van der Waals surface area contributed by atoms with Crippen LogP contribution in [0, 0.1) is 12.8 Å². The summed E-state index contributed by atoms with van der Waals surface area (Å²) in [5, 5.41) is 2.93. The molecule has 7 heteroatoms. The number of hydrogen-bond acceptors (Lipinski definition) is 4. The number of sulfonamides is 1. The monoisotopic (exact) mass is 402 g/mol. The molecule has 1 saturated heterocycles. The predicted octanol–water partition coefficient (Wildman–Crippen LogP) is 2.72. The van der Waals surface area contributed by atoms with Gasteiger partial charge < -0.3 is 10.1 Å². The number of piperidine rings is 1. The fourth-order valence-corrected chi connectivity index (χ4v) is 5.28. The number of carbonyl (C=O) groups excluding carboxylic acids is 1. The van der Waals surface area contributed by atoms with Crippen LogP contribution in [0.25, 0.3) is 0 Å². The molecule has 150 valence electrons. The molecule has 0 radical (unpaired) electrons. The molecule has 1 aliphatic heterocycles. The molecule has 0 aliphatic carbocycles. The van der Waals surface area contributed by atoms with Crippen molar-refractivity contribution in [2.24, 2.45) is 5.92 Å². The molecule has 2 aromatic carbocycles. The Balaban J connectivity index is 1.67. The van der Waals surface area contributed by atoms with Gasteiger partial charge in [-0.05, 0) is 37.5 Å². The summed E-state index contributed by atoms with van der Waals surface area (Å²) >= 11 is 0. The van der Waals surface area contributed by atoms with E-state index in [0.717, 1.165) is 11.3 Å². The fraction of sp³-hybridized carbons (Fsp3) is 0.381. The molecule has 28 heavy (non-hydrogen) atoms. The highest BCUT2D eigenvalue weighted by Crippen LogP contribution is 2.26. The first kappa shape index (κ1) is 20.4. The summed E-state index contributed by atoms with van der Waals surface area (Å²) < 4.78 is 32.8. The molecule has 0 spiro atoms. The third kappa shape index (κ3) is 4.36. The van der Waals surface area contributed by atoms with E-state index in [1.807, 2.05) is 30.3 Å². The Bertz CT molecular complexity index is 943. The minimum atomic E-state index is -3.60. The van der Waals surface area contributed by atoms with Crippen molar-refractivity contribution in [1.29, 1.82) is 0 Å². The fourth-order valence-electron chi connectivity index (χ4n) is 3.54. The van der Waals surface area contributed by atoms with Crippen molar-refractivity contribution in [3.8, 4) is 5.75 Å². The van der Waals surface area contributed by atoms with Crippen molar-refractivity contribution in [3.63, 3.8) is 0 Å². The first-order valence-corrected chi connectivity index (χ1v) is 10.8.